The van der Waals surface area contributed by atoms with Crippen molar-refractivity contribution in [1.29, 1.82) is 0 Å². The molecular weight excluding hydrogens is 384 g/mol. The van der Waals surface area contributed by atoms with Crippen LogP contribution in [0, 0.1) is 11.3 Å². The van der Waals surface area contributed by atoms with Gasteiger partial charge in [-0.3, -0.25) is 14.9 Å². The summed E-state index contributed by atoms with van der Waals surface area (Å²) in [5.74, 6) is 0.150. The van der Waals surface area contributed by atoms with Gasteiger partial charge in [0.2, 0.25) is 0 Å². The number of rotatable bonds is 5. The van der Waals surface area contributed by atoms with Crippen LogP contribution in [-0.4, -0.2) is 24.1 Å². The molecule has 2 heterocycles. The molecule has 1 amide bonds. The number of aryl methyl sites for hydroxylation is 2. The summed E-state index contributed by atoms with van der Waals surface area (Å²) in [5.41, 5.74) is 3.76. The summed E-state index contributed by atoms with van der Waals surface area (Å²) < 4.78 is 26.0. The third-order valence-corrected chi connectivity index (χ3v) is 7.51. The van der Waals surface area contributed by atoms with Crippen LogP contribution in [0.25, 0.3) is 0 Å². The van der Waals surface area contributed by atoms with Gasteiger partial charge in [0.1, 0.15) is 4.90 Å². The van der Waals surface area contributed by atoms with Crippen LogP contribution in [0.2, 0.25) is 0 Å². The number of nitrogens with one attached hydrogen (secondary N) is 2. The Morgan fingerprint density at radius 2 is 2.15 bits per heavy atom. The molecule has 2 aromatic rings. The molecule has 27 heavy (non-hydrogen) atoms. The van der Waals surface area contributed by atoms with E-state index in [1.54, 1.807) is 0 Å². The highest BCUT2D eigenvalue weighted by molar-refractivity contribution is 7.89. The van der Waals surface area contributed by atoms with Crippen LogP contribution in [0.3, 0.4) is 0 Å². The third kappa shape index (κ3) is 4.41. The molecule has 148 valence electrons. The zero-order valence-electron chi connectivity index (χ0n) is 16.1. The molecule has 1 aliphatic carbocycles. The summed E-state index contributed by atoms with van der Waals surface area (Å²) >= 11 is 1.45. The largest absolute Gasteiger partial charge is 0.276 e. The Hall–Kier alpha value is -1.71. The van der Waals surface area contributed by atoms with Crippen molar-refractivity contribution in [3.63, 3.8) is 0 Å². The molecule has 0 saturated heterocycles. The highest BCUT2D eigenvalue weighted by atomic mass is 32.2. The van der Waals surface area contributed by atoms with Crippen LogP contribution in [0.4, 0.5) is 0 Å². The quantitative estimate of drug-likeness (QED) is 0.741. The first-order valence-corrected chi connectivity index (χ1v) is 11.4. The van der Waals surface area contributed by atoms with E-state index in [4.69, 9.17) is 0 Å². The number of sulfonamides is 1. The predicted octanol–water partition coefficient (Wildman–Crippen LogP) is 2.74. The minimum absolute atomic E-state index is 0.0168. The Morgan fingerprint density at radius 3 is 2.78 bits per heavy atom. The molecule has 0 radical (unpaired) electrons. The van der Waals surface area contributed by atoms with E-state index in [1.807, 2.05) is 13.0 Å². The second-order valence-corrected chi connectivity index (χ2v) is 10.8. The maximum atomic E-state index is 12.4. The lowest BCUT2D eigenvalue weighted by molar-refractivity contribution is 0.0949. The molecule has 0 bridgehead atoms. The van der Waals surface area contributed by atoms with Crippen molar-refractivity contribution >= 4 is 27.3 Å². The van der Waals surface area contributed by atoms with Crippen LogP contribution < -0.4 is 10.3 Å². The molecule has 0 aliphatic heterocycles. The van der Waals surface area contributed by atoms with E-state index >= 15 is 0 Å². The Labute approximate surface area is 164 Å². The SMILES string of the molecule is CCn1cc(S(=O)(=O)NNC(=O)c2cc3c(s2)CCC(C(C)(C)C)C3)cn1. The summed E-state index contributed by atoms with van der Waals surface area (Å²) in [6.07, 6.45) is 5.73. The van der Waals surface area contributed by atoms with Gasteiger partial charge in [-0.1, -0.05) is 20.8 Å². The number of fused-ring (bicyclic) bond motifs is 1. The number of thiophene rings is 1. The molecule has 7 nitrogen and oxygen atoms in total. The first kappa shape index (κ1) is 20.0. The number of hydrogen-bond donors (Lipinski definition) is 2. The summed E-state index contributed by atoms with van der Waals surface area (Å²) in [4.78, 5) is 16.4. The highest BCUT2D eigenvalue weighted by Gasteiger charge is 2.30. The molecule has 0 fully saturated rings. The zero-order chi connectivity index (χ0) is 19.8. The summed E-state index contributed by atoms with van der Waals surface area (Å²) in [7, 11) is -3.84. The normalized spacial score (nSPS) is 17.6. The molecule has 0 aromatic carbocycles. The molecule has 9 heteroatoms. The lowest BCUT2D eigenvalue weighted by Crippen LogP contribution is -2.41. The van der Waals surface area contributed by atoms with Gasteiger partial charge in [-0.2, -0.15) is 5.10 Å². The molecule has 2 aromatic heterocycles. The van der Waals surface area contributed by atoms with Gasteiger partial charge in [-0.05, 0) is 49.1 Å². The second-order valence-electron chi connectivity index (χ2n) is 7.96. The van der Waals surface area contributed by atoms with Gasteiger partial charge < -0.3 is 0 Å². The van der Waals surface area contributed by atoms with Gasteiger partial charge in [-0.15, -0.1) is 16.2 Å². The molecule has 0 saturated carbocycles. The fourth-order valence-corrected chi connectivity index (χ4v) is 5.16. The number of carbonyl (C=O) groups excluding carboxylic acids is 1. The average Bonchev–Trinajstić information content (AvgIpc) is 3.25. The molecule has 3 rings (SSSR count). The number of carbonyl (C=O) groups is 1. The molecule has 1 aliphatic rings. The highest BCUT2D eigenvalue weighted by Crippen LogP contribution is 2.40. The molecule has 1 atom stereocenters. The van der Waals surface area contributed by atoms with E-state index in [9.17, 15) is 13.2 Å². The molecule has 1 unspecified atom stereocenters. The van der Waals surface area contributed by atoms with Crippen molar-refractivity contribution in [2.45, 2.75) is 58.4 Å². The van der Waals surface area contributed by atoms with Crippen molar-refractivity contribution in [2.24, 2.45) is 11.3 Å². The van der Waals surface area contributed by atoms with Crippen LogP contribution in [0.1, 0.15) is 54.2 Å². The minimum Gasteiger partial charge on any atom is -0.273 e. The van der Waals surface area contributed by atoms with Gasteiger partial charge in [0.15, 0.2) is 0 Å². The van der Waals surface area contributed by atoms with E-state index < -0.39 is 15.9 Å². The van der Waals surface area contributed by atoms with Crippen molar-refractivity contribution < 1.29 is 13.2 Å². The molecule has 2 N–H and O–H groups in total. The van der Waals surface area contributed by atoms with Crippen LogP contribution in [0.15, 0.2) is 23.4 Å². The molecular formula is C18H26N4O3S2. The first-order chi connectivity index (χ1) is 12.6. The summed E-state index contributed by atoms with van der Waals surface area (Å²) in [5, 5.41) is 3.94. The summed E-state index contributed by atoms with van der Waals surface area (Å²) in [6, 6.07) is 1.90. The van der Waals surface area contributed by atoms with E-state index in [1.165, 1.54) is 38.9 Å². The van der Waals surface area contributed by atoms with Gasteiger partial charge in [0.05, 0.1) is 11.1 Å². The lowest BCUT2D eigenvalue weighted by atomic mass is 9.72. The maximum absolute atomic E-state index is 12.4. The Bertz CT molecular complexity index is 938. The molecule has 0 spiro atoms. The maximum Gasteiger partial charge on any atom is 0.276 e. The van der Waals surface area contributed by atoms with Gasteiger partial charge >= 0.3 is 0 Å². The number of aromatic nitrogens is 2. The number of nitrogens with zero attached hydrogens (tertiary/aromatic N) is 2. The number of hydrogen-bond acceptors (Lipinski definition) is 5. The Balaban J connectivity index is 1.66. The topological polar surface area (TPSA) is 93.1 Å². The van der Waals surface area contributed by atoms with Crippen LogP contribution in [-0.2, 0) is 29.4 Å². The van der Waals surface area contributed by atoms with Gasteiger partial charge in [0, 0.05) is 17.6 Å². The number of amides is 1. The van der Waals surface area contributed by atoms with Crippen LogP contribution in [0.5, 0.6) is 0 Å². The van der Waals surface area contributed by atoms with Gasteiger partial charge in [-0.25, -0.2) is 8.42 Å². The summed E-state index contributed by atoms with van der Waals surface area (Å²) in [6.45, 7) is 9.17. The smallest absolute Gasteiger partial charge is 0.273 e. The fourth-order valence-electron chi connectivity index (χ4n) is 3.27. The van der Waals surface area contributed by atoms with Crippen molar-refractivity contribution in [3.8, 4) is 0 Å². The predicted molar refractivity (Wildman–Crippen MR) is 105 cm³/mol. The van der Waals surface area contributed by atoms with E-state index in [0.717, 1.165) is 19.3 Å². The van der Waals surface area contributed by atoms with E-state index in [0.29, 0.717) is 17.3 Å². The fraction of sp³-hybridized carbons (Fsp3) is 0.556. The van der Waals surface area contributed by atoms with E-state index in [-0.39, 0.29) is 10.3 Å². The van der Waals surface area contributed by atoms with Crippen molar-refractivity contribution in [2.75, 3.05) is 0 Å². The van der Waals surface area contributed by atoms with Crippen LogP contribution >= 0.6 is 11.3 Å². The third-order valence-electron chi connectivity index (χ3n) is 5.07. The Morgan fingerprint density at radius 1 is 1.41 bits per heavy atom. The zero-order valence-corrected chi connectivity index (χ0v) is 17.7. The minimum atomic E-state index is -3.84. The average molecular weight is 411 g/mol. The van der Waals surface area contributed by atoms with E-state index in [2.05, 4.69) is 36.1 Å². The Kier molecular flexibility index (Phi) is 5.47. The van der Waals surface area contributed by atoms with Crippen molar-refractivity contribution in [3.05, 3.63) is 33.8 Å². The lowest BCUT2D eigenvalue weighted by Gasteiger charge is -2.33. The standard InChI is InChI=1S/C18H26N4O3S2/c1-5-22-11-14(10-19-22)27(24,25)21-20-17(23)16-9-12-8-13(18(2,3)4)6-7-15(12)26-16/h9-11,13,21H,5-8H2,1-4H3,(H,20,23). The van der Waals surface area contributed by atoms with Crippen molar-refractivity contribution in [1.82, 2.24) is 20.0 Å². The van der Waals surface area contributed by atoms with Gasteiger partial charge in [0.25, 0.3) is 15.9 Å². The second kappa shape index (κ2) is 7.37. The monoisotopic (exact) mass is 410 g/mol. The first-order valence-electron chi connectivity index (χ1n) is 9.06. The number of hydrazine groups is 1.